The Morgan fingerprint density at radius 2 is 1.50 bits per heavy atom. The summed E-state index contributed by atoms with van der Waals surface area (Å²) in [4.78, 5) is 0. The number of hydrogen-bond acceptors (Lipinski definition) is 0. The average molecular weight is 212 g/mol. The number of allylic oxidation sites excluding steroid dienone is 10. The van der Waals surface area contributed by atoms with Crippen LogP contribution in [0, 0.1) is 0 Å². The summed E-state index contributed by atoms with van der Waals surface area (Å²) in [5, 5.41) is 0. The Labute approximate surface area is 99.1 Å². The molecule has 0 N–H and O–H groups in total. The van der Waals surface area contributed by atoms with Crippen LogP contribution in [0.3, 0.4) is 0 Å². The second kappa shape index (κ2) is 6.12. The third-order valence-corrected chi connectivity index (χ3v) is 2.96. The van der Waals surface area contributed by atoms with Crippen LogP contribution in [0.5, 0.6) is 0 Å². The van der Waals surface area contributed by atoms with Gasteiger partial charge in [0.25, 0.3) is 0 Å². The highest BCUT2D eigenvalue weighted by molar-refractivity contribution is 5.50. The molecule has 1 rings (SSSR count). The molecule has 0 fully saturated rings. The van der Waals surface area contributed by atoms with Crippen LogP contribution in [0.25, 0.3) is 0 Å². The van der Waals surface area contributed by atoms with Gasteiger partial charge in [0, 0.05) is 0 Å². The fourth-order valence-corrected chi connectivity index (χ4v) is 1.99. The molecule has 16 heavy (non-hydrogen) atoms. The molecule has 0 aliphatic heterocycles. The summed E-state index contributed by atoms with van der Waals surface area (Å²) in [6.07, 6.45) is 14.3. The minimum Gasteiger partial charge on any atom is -0.0991 e. The number of rotatable bonds is 3. The van der Waals surface area contributed by atoms with Crippen molar-refractivity contribution < 1.29 is 0 Å². The monoisotopic (exact) mass is 212 g/mol. The van der Waals surface area contributed by atoms with E-state index in [0.717, 1.165) is 12.8 Å². The second-order valence-corrected chi connectivity index (χ2v) is 3.83. The third kappa shape index (κ3) is 2.73. The van der Waals surface area contributed by atoms with Crippen LogP contribution in [0.15, 0.2) is 71.9 Å². The van der Waals surface area contributed by atoms with Crippen molar-refractivity contribution >= 4 is 0 Å². The summed E-state index contributed by atoms with van der Waals surface area (Å²) in [6, 6.07) is 0. The Morgan fingerprint density at radius 1 is 0.938 bits per heavy atom. The smallest absolute Gasteiger partial charge is 0.00235 e. The van der Waals surface area contributed by atoms with Crippen LogP contribution in [-0.2, 0) is 0 Å². The minimum absolute atomic E-state index is 0.997. The highest BCUT2D eigenvalue weighted by Crippen LogP contribution is 2.34. The third-order valence-electron chi connectivity index (χ3n) is 2.96. The van der Waals surface area contributed by atoms with Gasteiger partial charge in [0.05, 0.1) is 0 Å². The zero-order valence-corrected chi connectivity index (χ0v) is 10.3. The van der Waals surface area contributed by atoms with Crippen LogP contribution in [-0.4, -0.2) is 0 Å². The molecule has 0 amide bonds. The summed E-state index contributed by atoms with van der Waals surface area (Å²) in [5.41, 5.74) is 5.54. The molecule has 84 valence electrons. The lowest BCUT2D eigenvalue weighted by atomic mass is 9.83. The molecular formula is C16H20. The lowest BCUT2D eigenvalue weighted by Crippen LogP contribution is -2.03. The molecule has 0 radical (unpaired) electrons. The van der Waals surface area contributed by atoms with Crippen LogP contribution < -0.4 is 0 Å². The molecule has 0 aromatic carbocycles. The normalized spacial score (nSPS) is 22.1. The Kier molecular flexibility index (Phi) is 4.78. The summed E-state index contributed by atoms with van der Waals surface area (Å²) in [5.74, 6) is 0. The van der Waals surface area contributed by atoms with Crippen molar-refractivity contribution in [2.75, 3.05) is 0 Å². The fourth-order valence-electron chi connectivity index (χ4n) is 1.99. The predicted octanol–water partition coefficient (Wildman–Crippen LogP) is 4.90. The molecule has 1 aliphatic rings. The first-order valence-electron chi connectivity index (χ1n) is 5.71. The first kappa shape index (κ1) is 12.5. The van der Waals surface area contributed by atoms with Crippen LogP contribution in [0.2, 0.25) is 0 Å². The van der Waals surface area contributed by atoms with E-state index in [9.17, 15) is 0 Å². The van der Waals surface area contributed by atoms with Crippen molar-refractivity contribution in [3.05, 3.63) is 71.9 Å². The summed E-state index contributed by atoms with van der Waals surface area (Å²) < 4.78 is 0. The molecule has 0 bridgehead atoms. The average Bonchev–Trinajstić information content (AvgIpc) is 2.35. The lowest BCUT2D eigenvalue weighted by molar-refractivity contribution is 0.988. The van der Waals surface area contributed by atoms with E-state index in [1.807, 2.05) is 18.2 Å². The van der Waals surface area contributed by atoms with Crippen LogP contribution in [0.4, 0.5) is 0 Å². The van der Waals surface area contributed by atoms with E-state index in [2.05, 4.69) is 45.2 Å². The maximum atomic E-state index is 3.90. The zero-order valence-electron chi connectivity index (χ0n) is 10.3. The topological polar surface area (TPSA) is 0 Å². The first-order valence-corrected chi connectivity index (χ1v) is 5.71. The van der Waals surface area contributed by atoms with Gasteiger partial charge in [-0.25, -0.2) is 0 Å². The quantitative estimate of drug-likeness (QED) is 0.584. The molecule has 0 heteroatoms. The first-order chi connectivity index (χ1) is 7.76. The van der Waals surface area contributed by atoms with Gasteiger partial charge in [-0.3, -0.25) is 0 Å². The molecule has 1 aliphatic carbocycles. The van der Waals surface area contributed by atoms with Gasteiger partial charge >= 0.3 is 0 Å². The molecule has 0 saturated carbocycles. The zero-order chi connectivity index (χ0) is 12.0. The van der Waals surface area contributed by atoms with Gasteiger partial charge in [0.15, 0.2) is 0 Å². The summed E-state index contributed by atoms with van der Waals surface area (Å²) >= 11 is 0. The molecule has 0 unspecified atom stereocenters. The fraction of sp³-hybridized carbons (Fsp3) is 0.250. The van der Waals surface area contributed by atoms with Gasteiger partial charge in [0.2, 0.25) is 0 Å². The highest BCUT2D eigenvalue weighted by atomic mass is 14.2. The Hall–Kier alpha value is -1.56. The molecule has 0 spiro atoms. The van der Waals surface area contributed by atoms with E-state index in [1.54, 1.807) is 0 Å². The van der Waals surface area contributed by atoms with Crippen LogP contribution >= 0.6 is 0 Å². The van der Waals surface area contributed by atoms with Crippen molar-refractivity contribution in [1.29, 1.82) is 0 Å². The highest BCUT2D eigenvalue weighted by Gasteiger charge is 2.15. The van der Waals surface area contributed by atoms with E-state index in [-0.39, 0.29) is 0 Å². The Balaban J connectivity index is 3.13. The molecule has 0 atom stereocenters. The summed E-state index contributed by atoms with van der Waals surface area (Å²) in [7, 11) is 0. The standard InChI is InChI=1S/C16H20/c1-5-9-10-16-12-14(7-3)13(6-2)11-15(16)8-4/h5-10H,1,4,11-12H2,2-3H3/b10-9-,13-6-,14-7-. The van der Waals surface area contributed by atoms with Gasteiger partial charge in [-0.05, 0) is 49.0 Å². The second-order valence-electron chi connectivity index (χ2n) is 3.83. The van der Waals surface area contributed by atoms with Gasteiger partial charge < -0.3 is 0 Å². The molecule has 0 aromatic rings. The van der Waals surface area contributed by atoms with Gasteiger partial charge in [-0.1, -0.05) is 49.6 Å². The van der Waals surface area contributed by atoms with E-state index in [1.165, 1.54) is 22.3 Å². The molecule has 0 heterocycles. The van der Waals surface area contributed by atoms with E-state index >= 15 is 0 Å². The largest absolute Gasteiger partial charge is 0.0991 e. The van der Waals surface area contributed by atoms with Crippen molar-refractivity contribution in [3.63, 3.8) is 0 Å². The minimum atomic E-state index is 0.997. The van der Waals surface area contributed by atoms with Gasteiger partial charge in [-0.2, -0.15) is 0 Å². The van der Waals surface area contributed by atoms with E-state index in [0.29, 0.717) is 0 Å². The maximum Gasteiger partial charge on any atom is -0.00235 e. The molecule has 0 aromatic heterocycles. The van der Waals surface area contributed by atoms with Gasteiger partial charge in [-0.15, -0.1) is 0 Å². The van der Waals surface area contributed by atoms with E-state index in [4.69, 9.17) is 0 Å². The SMILES string of the molecule is C=C/C=C\C1=C(C=C)CC(=C/C)/C(=C\C)C1. The predicted molar refractivity (Wildman–Crippen MR) is 73.3 cm³/mol. The Bertz CT molecular complexity index is 398. The molecular weight excluding hydrogens is 192 g/mol. The van der Waals surface area contributed by atoms with Crippen molar-refractivity contribution in [2.24, 2.45) is 0 Å². The molecule has 0 saturated heterocycles. The number of hydrogen-bond donors (Lipinski definition) is 0. The van der Waals surface area contributed by atoms with Crippen molar-refractivity contribution in [1.82, 2.24) is 0 Å². The van der Waals surface area contributed by atoms with Crippen LogP contribution in [0.1, 0.15) is 26.7 Å². The van der Waals surface area contributed by atoms with Crippen molar-refractivity contribution in [3.8, 4) is 0 Å². The molecule has 0 nitrogen and oxygen atoms in total. The maximum absolute atomic E-state index is 3.90. The van der Waals surface area contributed by atoms with Crippen molar-refractivity contribution in [2.45, 2.75) is 26.7 Å². The van der Waals surface area contributed by atoms with Gasteiger partial charge in [0.1, 0.15) is 0 Å². The van der Waals surface area contributed by atoms with E-state index < -0.39 is 0 Å². The summed E-state index contributed by atoms with van der Waals surface area (Å²) in [6.45, 7) is 11.8. The lowest BCUT2D eigenvalue weighted by Gasteiger charge is -2.21. The Morgan fingerprint density at radius 3 is 1.94 bits per heavy atom.